The summed E-state index contributed by atoms with van der Waals surface area (Å²) < 4.78 is 8.28. The number of aryl methyl sites for hydroxylation is 2. The minimum Gasteiger partial charge on any atom is -0.377 e. The van der Waals surface area contributed by atoms with Crippen LogP contribution in [-0.2, 0) is 17.6 Å². The fourth-order valence-corrected chi connectivity index (χ4v) is 4.44. The zero-order valence-electron chi connectivity index (χ0n) is 13.5. The van der Waals surface area contributed by atoms with Gasteiger partial charge in [-0.3, -0.25) is 4.79 Å². The van der Waals surface area contributed by atoms with E-state index in [0.717, 1.165) is 46.6 Å². The maximum atomic E-state index is 12.5. The van der Waals surface area contributed by atoms with Crippen LogP contribution >= 0.6 is 11.3 Å². The number of rotatable bonds is 3. The van der Waals surface area contributed by atoms with Gasteiger partial charge in [0, 0.05) is 6.07 Å². The van der Waals surface area contributed by atoms with Gasteiger partial charge in [-0.2, -0.15) is 5.10 Å². The minimum atomic E-state index is -0.136. The van der Waals surface area contributed by atoms with Crippen LogP contribution in [-0.4, -0.2) is 39.0 Å². The van der Waals surface area contributed by atoms with Gasteiger partial charge < -0.3 is 10.1 Å². The van der Waals surface area contributed by atoms with Gasteiger partial charge in [0.1, 0.15) is 18.2 Å². The molecule has 7 nitrogen and oxygen atoms in total. The van der Waals surface area contributed by atoms with Crippen LogP contribution in [0.1, 0.15) is 23.7 Å². The molecular formula is C17H17N5O2S. The first-order chi connectivity index (χ1) is 12.3. The Kier molecular flexibility index (Phi) is 3.53. The third-order valence-corrected chi connectivity index (χ3v) is 5.82. The van der Waals surface area contributed by atoms with Crippen LogP contribution in [0, 0.1) is 0 Å². The van der Waals surface area contributed by atoms with Crippen LogP contribution < -0.4 is 10.9 Å². The Morgan fingerprint density at radius 3 is 3.20 bits per heavy atom. The first-order valence-electron chi connectivity index (χ1n) is 8.44. The summed E-state index contributed by atoms with van der Waals surface area (Å²) in [5.74, 6) is 0.787. The molecule has 2 aliphatic rings. The van der Waals surface area contributed by atoms with E-state index in [1.807, 2.05) is 11.4 Å². The Morgan fingerprint density at radius 1 is 1.28 bits per heavy atom. The molecule has 2 unspecified atom stereocenters. The summed E-state index contributed by atoms with van der Waals surface area (Å²) in [5.41, 5.74) is 3.02. The minimum absolute atomic E-state index is 0.0492. The van der Waals surface area contributed by atoms with E-state index in [-0.39, 0.29) is 17.6 Å². The Balaban J connectivity index is 1.48. The molecule has 0 spiro atoms. The molecule has 3 aromatic heterocycles. The number of nitrogens with zero attached hydrogens (tertiary/aromatic N) is 4. The number of aromatic nitrogens is 4. The van der Waals surface area contributed by atoms with Crippen molar-refractivity contribution >= 4 is 27.4 Å². The normalized spacial score (nSPS) is 22.4. The molecule has 25 heavy (non-hydrogen) atoms. The fourth-order valence-electron chi connectivity index (χ4n) is 3.64. The number of thiophene rings is 1. The molecule has 1 saturated heterocycles. The van der Waals surface area contributed by atoms with Gasteiger partial charge in [-0.05, 0) is 36.3 Å². The quantitative estimate of drug-likeness (QED) is 0.771. The molecule has 2 atom stereocenters. The average Bonchev–Trinajstić information content (AvgIpc) is 3.34. The number of fused-ring (bicyclic) bond motifs is 2. The van der Waals surface area contributed by atoms with Crippen LogP contribution in [0.25, 0.3) is 10.2 Å². The average molecular weight is 355 g/mol. The molecule has 1 aliphatic heterocycles. The standard InChI is InChI=1S/C17H17N5O2S/c23-15-6-10-2-1-3-11(10)21-22(15)14-8-24-7-13(14)20-17-16-12(4-5-25-16)18-9-19-17/h4-6,9,13-14H,1-3,7-8H2,(H,18,19,20). The lowest BCUT2D eigenvalue weighted by atomic mass is 10.1. The van der Waals surface area contributed by atoms with E-state index >= 15 is 0 Å². The highest BCUT2D eigenvalue weighted by atomic mass is 32.1. The third kappa shape index (κ3) is 2.52. The van der Waals surface area contributed by atoms with Crippen molar-refractivity contribution in [3.63, 3.8) is 0 Å². The number of nitrogens with one attached hydrogen (secondary N) is 1. The molecule has 5 rings (SSSR count). The highest BCUT2D eigenvalue weighted by Gasteiger charge is 2.33. The van der Waals surface area contributed by atoms with Gasteiger partial charge in [0.25, 0.3) is 5.56 Å². The predicted octanol–water partition coefficient (Wildman–Crippen LogP) is 1.79. The lowest BCUT2D eigenvalue weighted by Crippen LogP contribution is -2.38. The molecule has 3 aromatic rings. The SMILES string of the molecule is O=c1cc2c(nn1C1COCC1Nc1ncnc3ccsc13)CCC2. The van der Waals surface area contributed by atoms with E-state index in [2.05, 4.69) is 20.4 Å². The van der Waals surface area contributed by atoms with Crippen molar-refractivity contribution in [1.82, 2.24) is 19.7 Å². The van der Waals surface area contributed by atoms with E-state index in [4.69, 9.17) is 4.74 Å². The molecule has 1 aliphatic carbocycles. The predicted molar refractivity (Wildman–Crippen MR) is 95.2 cm³/mol. The highest BCUT2D eigenvalue weighted by Crippen LogP contribution is 2.28. The van der Waals surface area contributed by atoms with Crippen molar-refractivity contribution in [1.29, 1.82) is 0 Å². The van der Waals surface area contributed by atoms with Crippen LogP contribution in [0.2, 0.25) is 0 Å². The molecule has 0 amide bonds. The van der Waals surface area contributed by atoms with Gasteiger partial charge in [0.05, 0.1) is 35.2 Å². The van der Waals surface area contributed by atoms with Crippen molar-refractivity contribution in [2.45, 2.75) is 31.3 Å². The smallest absolute Gasteiger partial charge is 0.267 e. The molecule has 1 fully saturated rings. The van der Waals surface area contributed by atoms with Gasteiger partial charge in [-0.1, -0.05) is 0 Å². The molecule has 8 heteroatoms. The molecule has 0 radical (unpaired) electrons. The summed E-state index contributed by atoms with van der Waals surface area (Å²) in [6, 6.07) is 3.53. The summed E-state index contributed by atoms with van der Waals surface area (Å²) in [4.78, 5) is 21.2. The van der Waals surface area contributed by atoms with E-state index in [0.29, 0.717) is 13.2 Å². The van der Waals surface area contributed by atoms with E-state index in [1.165, 1.54) is 0 Å². The zero-order valence-corrected chi connectivity index (χ0v) is 14.3. The second kappa shape index (κ2) is 5.89. The van der Waals surface area contributed by atoms with Gasteiger partial charge in [-0.25, -0.2) is 14.6 Å². The second-order valence-electron chi connectivity index (χ2n) is 6.47. The lowest BCUT2D eigenvalue weighted by Gasteiger charge is -2.21. The molecular weight excluding hydrogens is 338 g/mol. The molecule has 128 valence electrons. The molecule has 0 aromatic carbocycles. The lowest BCUT2D eigenvalue weighted by molar-refractivity contribution is 0.182. The Morgan fingerprint density at radius 2 is 2.24 bits per heavy atom. The number of anilines is 1. The van der Waals surface area contributed by atoms with Gasteiger partial charge in [0.2, 0.25) is 0 Å². The zero-order chi connectivity index (χ0) is 16.8. The molecule has 0 saturated carbocycles. The van der Waals surface area contributed by atoms with E-state index in [9.17, 15) is 4.79 Å². The Hall–Kier alpha value is -2.32. The summed E-state index contributed by atoms with van der Waals surface area (Å²) in [6.45, 7) is 0.995. The van der Waals surface area contributed by atoms with Gasteiger partial charge in [-0.15, -0.1) is 11.3 Å². The van der Waals surface area contributed by atoms with Crippen LogP contribution in [0.15, 0.2) is 28.6 Å². The summed E-state index contributed by atoms with van der Waals surface area (Å²) in [7, 11) is 0. The topological polar surface area (TPSA) is 81.9 Å². The third-order valence-electron chi connectivity index (χ3n) is 4.91. The number of hydrogen-bond donors (Lipinski definition) is 1. The van der Waals surface area contributed by atoms with Crippen molar-refractivity contribution in [2.75, 3.05) is 18.5 Å². The van der Waals surface area contributed by atoms with E-state index < -0.39 is 0 Å². The van der Waals surface area contributed by atoms with Crippen LogP contribution in [0.5, 0.6) is 0 Å². The summed E-state index contributed by atoms with van der Waals surface area (Å²) in [6.07, 6.45) is 4.54. The van der Waals surface area contributed by atoms with Crippen molar-refractivity contribution in [2.24, 2.45) is 0 Å². The monoisotopic (exact) mass is 355 g/mol. The highest BCUT2D eigenvalue weighted by molar-refractivity contribution is 7.17. The second-order valence-corrected chi connectivity index (χ2v) is 7.38. The van der Waals surface area contributed by atoms with Crippen molar-refractivity contribution in [3.05, 3.63) is 45.5 Å². The molecule has 4 heterocycles. The molecule has 1 N–H and O–H groups in total. The number of hydrogen-bond acceptors (Lipinski definition) is 7. The maximum absolute atomic E-state index is 12.5. The summed E-state index contributed by atoms with van der Waals surface area (Å²) in [5, 5.41) is 10.1. The fraction of sp³-hybridized carbons (Fsp3) is 0.412. The molecule has 0 bridgehead atoms. The largest absolute Gasteiger partial charge is 0.377 e. The van der Waals surface area contributed by atoms with Crippen LogP contribution in [0.3, 0.4) is 0 Å². The maximum Gasteiger partial charge on any atom is 0.267 e. The van der Waals surface area contributed by atoms with Gasteiger partial charge >= 0.3 is 0 Å². The van der Waals surface area contributed by atoms with Crippen molar-refractivity contribution < 1.29 is 4.74 Å². The number of ether oxygens (including phenoxy) is 1. The summed E-state index contributed by atoms with van der Waals surface area (Å²) >= 11 is 1.60. The Labute approximate surface area is 147 Å². The van der Waals surface area contributed by atoms with Gasteiger partial charge in [0.15, 0.2) is 0 Å². The first kappa shape index (κ1) is 15.0. The van der Waals surface area contributed by atoms with E-state index in [1.54, 1.807) is 28.4 Å². The first-order valence-corrected chi connectivity index (χ1v) is 9.31. The van der Waals surface area contributed by atoms with Crippen LogP contribution in [0.4, 0.5) is 5.82 Å². The van der Waals surface area contributed by atoms with Crippen molar-refractivity contribution in [3.8, 4) is 0 Å². The Bertz CT molecular complexity index is 998.